The van der Waals surface area contributed by atoms with Gasteiger partial charge in [0, 0.05) is 0 Å². The van der Waals surface area contributed by atoms with E-state index in [0.717, 1.165) is 12.0 Å². The van der Waals surface area contributed by atoms with Crippen LogP contribution in [0.2, 0.25) is 0 Å². The van der Waals surface area contributed by atoms with Gasteiger partial charge in [0.2, 0.25) is 0 Å². The molecule has 0 saturated heterocycles. The maximum atomic E-state index is 11.8. The first-order chi connectivity index (χ1) is 8.24. The summed E-state index contributed by atoms with van der Waals surface area (Å²) in [6.07, 6.45) is 6.76. The van der Waals surface area contributed by atoms with E-state index in [2.05, 4.69) is 40.7 Å². The van der Waals surface area contributed by atoms with Crippen molar-refractivity contribution < 1.29 is 4.79 Å². The van der Waals surface area contributed by atoms with Crippen LogP contribution in [0.4, 0.5) is 0 Å². The van der Waals surface area contributed by atoms with Crippen LogP contribution in [0.25, 0.3) is 0 Å². The van der Waals surface area contributed by atoms with Crippen molar-refractivity contribution in [2.75, 3.05) is 0 Å². The number of rotatable bonds is 4. The monoisotopic (exact) mass is 248 g/mol. The van der Waals surface area contributed by atoms with Crippen LogP contribution in [0, 0.1) is 11.3 Å². The Hall–Kier alpha value is -0.850. The molecule has 0 saturated carbocycles. The topological polar surface area (TPSA) is 17.1 Å². The molecule has 0 N–H and O–H groups in total. The van der Waals surface area contributed by atoms with Gasteiger partial charge in [0.15, 0.2) is 5.78 Å². The van der Waals surface area contributed by atoms with Crippen molar-refractivity contribution in [3.05, 3.63) is 22.8 Å². The van der Waals surface area contributed by atoms with Crippen LogP contribution in [0.1, 0.15) is 67.2 Å². The summed E-state index contributed by atoms with van der Waals surface area (Å²) in [7, 11) is 0. The smallest absolute Gasteiger partial charge is 0.155 e. The summed E-state index contributed by atoms with van der Waals surface area (Å²) in [5, 5.41) is 0. The molecule has 0 spiro atoms. The number of hydrogen-bond donors (Lipinski definition) is 0. The van der Waals surface area contributed by atoms with Crippen molar-refractivity contribution in [1.82, 2.24) is 0 Å². The lowest BCUT2D eigenvalue weighted by Crippen LogP contribution is -2.20. The zero-order chi connectivity index (χ0) is 13.9. The normalized spacial score (nSPS) is 20.5. The average Bonchev–Trinajstić information content (AvgIpc) is 2.20. The molecular formula is C17H28O. The summed E-state index contributed by atoms with van der Waals surface area (Å²) < 4.78 is 0. The van der Waals surface area contributed by atoms with E-state index in [0.29, 0.717) is 5.92 Å². The van der Waals surface area contributed by atoms with Crippen LogP contribution < -0.4 is 0 Å². The van der Waals surface area contributed by atoms with Gasteiger partial charge in [0.1, 0.15) is 0 Å². The standard InChI is InChI=1S/C17H28O/c1-12(2)10-15(14(4)18)11-16-13(3)8-7-9-17(16,5)6/h11-12H,7-10H2,1-6H3/b15-11+. The Bertz CT molecular complexity index is 380. The van der Waals surface area contributed by atoms with E-state index in [1.807, 2.05) is 0 Å². The Kier molecular flexibility index (Phi) is 4.95. The second-order valence-electron chi connectivity index (χ2n) is 6.76. The molecule has 0 unspecified atom stereocenters. The summed E-state index contributed by atoms with van der Waals surface area (Å²) in [5.41, 5.74) is 4.09. The highest BCUT2D eigenvalue weighted by atomic mass is 16.1. The molecule has 102 valence electrons. The fourth-order valence-corrected chi connectivity index (χ4v) is 2.88. The number of Topliss-reactive ketones (excluding diaryl/α,β-unsaturated/α-hetero) is 1. The molecule has 0 aliphatic heterocycles. The summed E-state index contributed by atoms with van der Waals surface area (Å²) in [6.45, 7) is 12.9. The number of hydrogen-bond acceptors (Lipinski definition) is 1. The predicted molar refractivity (Wildman–Crippen MR) is 78.6 cm³/mol. The van der Waals surface area contributed by atoms with E-state index in [1.54, 1.807) is 6.92 Å². The molecule has 0 aromatic heterocycles. The molecule has 1 heteroatoms. The second-order valence-corrected chi connectivity index (χ2v) is 6.76. The van der Waals surface area contributed by atoms with Gasteiger partial charge in [-0.25, -0.2) is 0 Å². The Morgan fingerprint density at radius 2 is 2.00 bits per heavy atom. The van der Waals surface area contributed by atoms with Gasteiger partial charge < -0.3 is 0 Å². The Morgan fingerprint density at radius 3 is 2.44 bits per heavy atom. The molecule has 1 nitrogen and oxygen atoms in total. The molecule has 1 rings (SSSR count). The number of carbonyl (C=O) groups is 1. The number of ketones is 1. The molecule has 0 amide bonds. The van der Waals surface area contributed by atoms with E-state index < -0.39 is 0 Å². The number of carbonyl (C=O) groups excluding carboxylic acids is 1. The molecule has 0 bridgehead atoms. The maximum absolute atomic E-state index is 11.8. The molecular weight excluding hydrogens is 220 g/mol. The lowest BCUT2D eigenvalue weighted by atomic mass is 9.72. The second kappa shape index (κ2) is 5.86. The minimum atomic E-state index is 0.222. The van der Waals surface area contributed by atoms with Gasteiger partial charge in [-0.2, -0.15) is 0 Å². The van der Waals surface area contributed by atoms with Crippen molar-refractivity contribution >= 4 is 5.78 Å². The van der Waals surface area contributed by atoms with Crippen LogP contribution in [0.3, 0.4) is 0 Å². The predicted octanol–water partition coefficient (Wildman–Crippen LogP) is 5.07. The van der Waals surface area contributed by atoms with Gasteiger partial charge in [-0.1, -0.05) is 39.3 Å². The van der Waals surface area contributed by atoms with Crippen LogP contribution in [0.5, 0.6) is 0 Å². The van der Waals surface area contributed by atoms with Gasteiger partial charge in [-0.3, -0.25) is 4.79 Å². The zero-order valence-corrected chi connectivity index (χ0v) is 12.9. The van der Waals surface area contributed by atoms with E-state index in [1.165, 1.54) is 30.4 Å². The first-order valence-corrected chi connectivity index (χ1v) is 7.16. The van der Waals surface area contributed by atoms with Gasteiger partial charge in [-0.15, -0.1) is 0 Å². The minimum Gasteiger partial charge on any atom is -0.295 e. The molecule has 0 aromatic rings. The fourth-order valence-electron chi connectivity index (χ4n) is 2.88. The molecule has 0 fully saturated rings. The van der Waals surface area contributed by atoms with E-state index in [-0.39, 0.29) is 11.2 Å². The van der Waals surface area contributed by atoms with Crippen LogP contribution >= 0.6 is 0 Å². The van der Waals surface area contributed by atoms with Crippen molar-refractivity contribution in [1.29, 1.82) is 0 Å². The summed E-state index contributed by atoms with van der Waals surface area (Å²) in [5.74, 6) is 0.762. The third kappa shape index (κ3) is 3.83. The molecule has 0 radical (unpaired) electrons. The lowest BCUT2D eigenvalue weighted by molar-refractivity contribution is -0.113. The highest BCUT2D eigenvalue weighted by Crippen LogP contribution is 2.41. The fraction of sp³-hybridized carbons (Fsp3) is 0.706. The zero-order valence-electron chi connectivity index (χ0n) is 12.9. The van der Waals surface area contributed by atoms with E-state index in [9.17, 15) is 4.79 Å². The molecule has 18 heavy (non-hydrogen) atoms. The Morgan fingerprint density at radius 1 is 1.39 bits per heavy atom. The Labute approximate surface area is 112 Å². The molecule has 1 aliphatic rings. The first kappa shape index (κ1) is 15.2. The first-order valence-electron chi connectivity index (χ1n) is 7.16. The Balaban J connectivity index is 3.13. The van der Waals surface area contributed by atoms with Gasteiger partial charge in [0.25, 0.3) is 0 Å². The molecule has 0 heterocycles. The lowest BCUT2D eigenvalue weighted by Gasteiger charge is -2.33. The van der Waals surface area contributed by atoms with Gasteiger partial charge >= 0.3 is 0 Å². The third-order valence-corrected chi connectivity index (χ3v) is 3.94. The average molecular weight is 248 g/mol. The highest BCUT2D eigenvalue weighted by molar-refractivity contribution is 5.93. The van der Waals surface area contributed by atoms with Gasteiger partial charge in [0.05, 0.1) is 0 Å². The quantitative estimate of drug-likeness (QED) is 0.634. The highest BCUT2D eigenvalue weighted by Gasteiger charge is 2.27. The van der Waals surface area contributed by atoms with Crippen LogP contribution in [0.15, 0.2) is 22.8 Å². The van der Waals surface area contributed by atoms with Crippen molar-refractivity contribution in [2.24, 2.45) is 11.3 Å². The SMILES string of the molecule is CC(=O)/C(=C/C1=C(C)CCCC1(C)C)CC(C)C. The maximum Gasteiger partial charge on any atom is 0.155 e. The minimum absolute atomic E-state index is 0.222. The van der Waals surface area contributed by atoms with E-state index >= 15 is 0 Å². The van der Waals surface area contributed by atoms with Gasteiger partial charge in [-0.05, 0) is 62.0 Å². The third-order valence-electron chi connectivity index (χ3n) is 3.94. The van der Waals surface area contributed by atoms with E-state index in [4.69, 9.17) is 0 Å². The summed E-state index contributed by atoms with van der Waals surface area (Å²) in [6, 6.07) is 0. The molecule has 1 aliphatic carbocycles. The van der Waals surface area contributed by atoms with Crippen molar-refractivity contribution in [2.45, 2.75) is 67.2 Å². The van der Waals surface area contributed by atoms with Crippen LogP contribution in [-0.4, -0.2) is 5.78 Å². The molecule has 0 aromatic carbocycles. The van der Waals surface area contributed by atoms with Crippen molar-refractivity contribution in [3.8, 4) is 0 Å². The summed E-state index contributed by atoms with van der Waals surface area (Å²) >= 11 is 0. The summed E-state index contributed by atoms with van der Waals surface area (Å²) in [4.78, 5) is 11.8. The number of allylic oxidation sites excluding steroid dienone is 4. The molecule has 0 atom stereocenters. The largest absolute Gasteiger partial charge is 0.295 e. The van der Waals surface area contributed by atoms with Crippen LogP contribution in [-0.2, 0) is 4.79 Å². The van der Waals surface area contributed by atoms with Crippen molar-refractivity contribution in [3.63, 3.8) is 0 Å².